The minimum absolute atomic E-state index is 0.502. The normalized spacial score (nSPS) is 10.9. The first-order valence-corrected chi connectivity index (χ1v) is 10.7. The highest BCUT2D eigenvalue weighted by Gasteiger charge is 2.01. The molecule has 32 heavy (non-hydrogen) atoms. The number of hydrogen-bond donors (Lipinski definition) is 0. The van der Waals surface area contributed by atoms with Gasteiger partial charge in [0.15, 0.2) is 0 Å². The lowest BCUT2D eigenvalue weighted by Crippen LogP contribution is -1.96. The van der Waals surface area contributed by atoms with Crippen molar-refractivity contribution in [2.45, 2.75) is 40.4 Å². The second kappa shape index (κ2) is 11.6. The highest BCUT2D eigenvalue weighted by atomic mass is 16.5. The van der Waals surface area contributed by atoms with Gasteiger partial charge in [-0.25, -0.2) is 0 Å². The van der Waals surface area contributed by atoms with Gasteiger partial charge in [-0.1, -0.05) is 60.2 Å². The Kier molecular flexibility index (Phi) is 8.29. The van der Waals surface area contributed by atoms with Crippen LogP contribution in [0, 0.1) is 11.3 Å². The van der Waals surface area contributed by atoms with Gasteiger partial charge in [0.05, 0.1) is 17.4 Å². The molecule has 3 heteroatoms. The molecule has 0 atom stereocenters. The summed E-state index contributed by atoms with van der Waals surface area (Å²) in [6.45, 7) is 7.20. The SMILES string of the molecule is CC(C)=CC=C(C)OCc1ccc(Cc2ccc(COc3ccc(C#N)cc3)cc2)cc1. The smallest absolute Gasteiger partial charge is 0.119 e. The number of allylic oxidation sites excluding steroid dienone is 4. The number of benzene rings is 3. The predicted octanol–water partition coefficient (Wildman–Crippen LogP) is 7.11. The Bertz CT molecular complexity index is 1100. The van der Waals surface area contributed by atoms with Gasteiger partial charge in [-0.2, -0.15) is 5.26 Å². The van der Waals surface area contributed by atoms with Crippen molar-refractivity contribution >= 4 is 0 Å². The van der Waals surface area contributed by atoms with E-state index in [4.69, 9.17) is 14.7 Å². The Balaban J connectivity index is 1.49. The van der Waals surface area contributed by atoms with E-state index in [1.54, 1.807) is 12.1 Å². The maximum atomic E-state index is 8.86. The minimum Gasteiger partial charge on any atom is -0.494 e. The molecule has 0 amide bonds. The summed E-state index contributed by atoms with van der Waals surface area (Å²) in [5.41, 5.74) is 6.69. The minimum atomic E-state index is 0.502. The largest absolute Gasteiger partial charge is 0.494 e. The van der Waals surface area contributed by atoms with Crippen LogP contribution in [0.3, 0.4) is 0 Å². The second-order valence-corrected chi connectivity index (χ2v) is 8.04. The Morgan fingerprint density at radius 1 is 0.719 bits per heavy atom. The first-order chi connectivity index (χ1) is 15.5. The highest BCUT2D eigenvalue weighted by molar-refractivity contribution is 5.35. The van der Waals surface area contributed by atoms with Gasteiger partial charge in [-0.15, -0.1) is 0 Å². The quantitative estimate of drug-likeness (QED) is 0.272. The molecule has 0 saturated heterocycles. The summed E-state index contributed by atoms with van der Waals surface area (Å²) in [6.07, 6.45) is 4.95. The summed E-state index contributed by atoms with van der Waals surface area (Å²) in [7, 11) is 0. The molecule has 0 aliphatic carbocycles. The molecule has 0 unspecified atom stereocenters. The van der Waals surface area contributed by atoms with E-state index < -0.39 is 0 Å². The number of nitrogens with zero attached hydrogens (tertiary/aromatic N) is 1. The molecule has 3 nitrogen and oxygen atoms in total. The molecule has 0 radical (unpaired) electrons. The first-order valence-electron chi connectivity index (χ1n) is 10.7. The van der Waals surface area contributed by atoms with Gasteiger partial charge in [-0.3, -0.25) is 0 Å². The van der Waals surface area contributed by atoms with Crippen molar-refractivity contribution in [3.05, 3.63) is 124 Å². The molecule has 0 aliphatic heterocycles. The number of ether oxygens (including phenoxy) is 2. The van der Waals surface area contributed by atoms with Gasteiger partial charge in [0.1, 0.15) is 19.0 Å². The second-order valence-electron chi connectivity index (χ2n) is 8.04. The van der Waals surface area contributed by atoms with Crippen LogP contribution in [-0.2, 0) is 24.4 Å². The van der Waals surface area contributed by atoms with Crippen LogP contribution in [0.1, 0.15) is 48.6 Å². The Labute approximate surface area is 191 Å². The van der Waals surface area contributed by atoms with Crippen molar-refractivity contribution in [3.8, 4) is 11.8 Å². The molecule has 0 aromatic heterocycles. The molecule has 162 valence electrons. The monoisotopic (exact) mass is 423 g/mol. The van der Waals surface area contributed by atoms with Crippen molar-refractivity contribution in [1.29, 1.82) is 5.26 Å². The number of rotatable bonds is 9. The van der Waals surface area contributed by atoms with Crippen LogP contribution in [0.5, 0.6) is 5.75 Å². The number of nitriles is 1. The fraction of sp³-hybridized carbons (Fsp3) is 0.207. The third-order valence-corrected chi connectivity index (χ3v) is 4.96. The number of hydrogen-bond acceptors (Lipinski definition) is 3. The van der Waals surface area contributed by atoms with Gasteiger partial charge in [0.2, 0.25) is 0 Å². The van der Waals surface area contributed by atoms with Gasteiger partial charge >= 0.3 is 0 Å². The first kappa shape index (κ1) is 22.9. The van der Waals surface area contributed by atoms with E-state index in [2.05, 4.69) is 74.5 Å². The lowest BCUT2D eigenvalue weighted by Gasteiger charge is -2.09. The molecule has 0 bridgehead atoms. The zero-order valence-electron chi connectivity index (χ0n) is 19.0. The van der Waals surface area contributed by atoms with Crippen LogP contribution >= 0.6 is 0 Å². The molecular weight excluding hydrogens is 394 g/mol. The van der Waals surface area contributed by atoms with E-state index in [0.29, 0.717) is 18.8 Å². The van der Waals surface area contributed by atoms with Gasteiger partial charge < -0.3 is 9.47 Å². The summed E-state index contributed by atoms with van der Waals surface area (Å²) in [6, 6.07) is 26.3. The zero-order valence-corrected chi connectivity index (χ0v) is 19.0. The maximum Gasteiger partial charge on any atom is 0.119 e. The lowest BCUT2D eigenvalue weighted by atomic mass is 10.0. The van der Waals surface area contributed by atoms with Gasteiger partial charge in [0, 0.05) is 0 Å². The van der Waals surface area contributed by atoms with E-state index >= 15 is 0 Å². The Morgan fingerprint density at radius 2 is 1.25 bits per heavy atom. The zero-order chi connectivity index (χ0) is 22.8. The molecule has 3 aromatic carbocycles. The Morgan fingerprint density at radius 3 is 1.78 bits per heavy atom. The van der Waals surface area contributed by atoms with Crippen LogP contribution < -0.4 is 4.74 Å². The molecule has 3 aromatic rings. The van der Waals surface area contributed by atoms with Crippen LogP contribution in [-0.4, -0.2) is 0 Å². The Hall–Kier alpha value is -3.77. The van der Waals surface area contributed by atoms with Crippen molar-refractivity contribution < 1.29 is 9.47 Å². The fourth-order valence-electron chi connectivity index (χ4n) is 3.06. The molecule has 3 rings (SSSR count). The third kappa shape index (κ3) is 7.49. The van der Waals surface area contributed by atoms with E-state index in [9.17, 15) is 0 Å². The van der Waals surface area contributed by atoms with Gasteiger partial charge in [-0.05, 0) is 79.8 Å². The van der Waals surface area contributed by atoms with Crippen molar-refractivity contribution in [2.24, 2.45) is 0 Å². The summed E-state index contributed by atoms with van der Waals surface area (Å²) < 4.78 is 11.6. The standard InChI is InChI=1S/C29H29NO2/c1-22(2)4-5-23(3)31-20-27-10-6-24(7-11-27)18-25-8-12-28(13-9-25)21-32-29-16-14-26(19-30)15-17-29/h4-17H,18,20-21H2,1-3H3. The molecule has 0 spiro atoms. The average Bonchev–Trinajstić information content (AvgIpc) is 2.82. The van der Waals surface area contributed by atoms with Crippen molar-refractivity contribution in [1.82, 2.24) is 0 Å². The molecule has 0 saturated carbocycles. The van der Waals surface area contributed by atoms with E-state index in [0.717, 1.165) is 29.1 Å². The summed E-state index contributed by atoms with van der Waals surface area (Å²) in [4.78, 5) is 0. The lowest BCUT2D eigenvalue weighted by molar-refractivity contribution is 0.201. The summed E-state index contributed by atoms with van der Waals surface area (Å²) in [5, 5.41) is 8.86. The van der Waals surface area contributed by atoms with Crippen LogP contribution in [0.4, 0.5) is 0 Å². The molecule has 0 fully saturated rings. The summed E-state index contributed by atoms with van der Waals surface area (Å²) >= 11 is 0. The van der Waals surface area contributed by atoms with Crippen LogP contribution in [0.25, 0.3) is 0 Å². The highest BCUT2D eigenvalue weighted by Crippen LogP contribution is 2.16. The van der Waals surface area contributed by atoms with Crippen LogP contribution in [0.2, 0.25) is 0 Å². The molecule has 0 heterocycles. The third-order valence-electron chi connectivity index (χ3n) is 4.96. The van der Waals surface area contributed by atoms with Crippen molar-refractivity contribution in [3.63, 3.8) is 0 Å². The maximum absolute atomic E-state index is 8.86. The van der Waals surface area contributed by atoms with E-state index in [1.807, 2.05) is 25.1 Å². The van der Waals surface area contributed by atoms with Gasteiger partial charge in [0.25, 0.3) is 0 Å². The topological polar surface area (TPSA) is 42.2 Å². The molecule has 0 aliphatic rings. The predicted molar refractivity (Wildman–Crippen MR) is 129 cm³/mol. The average molecular weight is 424 g/mol. The molecule has 0 N–H and O–H groups in total. The van der Waals surface area contributed by atoms with E-state index in [1.165, 1.54) is 16.7 Å². The molecular formula is C29H29NO2. The van der Waals surface area contributed by atoms with Crippen molar-refractivity contribution in [2.75, 3.05) is 0 Å². The summed E-state index contributed by atoms with van der Waals surface area (Å²) in [5.74, 6) is 1.68. The van der Waals surface area contributed by atoms with E-state index in [-0.39, 0.29) is 0 Å². The fourth-order valence-corrected chi connectivity index (χ4v) is 3.06. The van der Waals surface area contributed by atoms with Crippen LogP contribution in [0.15, 0.2) is 96.3 Å².